The third-order valence-electron chi connectivity index (χ3n) is 5.85. The van der Waals surface area contributed by atoms with Gasteiger partial charge in [0, 0.05) is 5.69 Å². The fourth-order valence-corrected chi connectivity index (χ4v) is 4.58. The Labute approximate surface area is 226 Å². The van der Waals surface area contributed by atoms with Crippen LogP contribution in [-0.2, 0) is 19.7 Å². The summed E-state index contributed by atoms with van der Waals surface area (Å²) < 4.78 is 4.69. The number of hydrogen-bond donors (Lipinski definition) is 1. The molecule has 2 amide bonds. The van der Waals surface area contributed by atoms with Crippen molar-refractivity contribution in [1.82, 2.24) is 0 Å². The fraction of sp³-hybridized carbons (Fsp3) is 0.200. The summed E-state index contributed by atoms with van der Waals surface area (Å²) in [6.45, 7) is 6.46. The number of benzene rings is 3. The van der Waals surface area contributed by atoms with Crippen molar-refractivity contribution in [3.63, 3.8) is 0 Å². The minimum Gasteiger partial charge on any atom is -0.465 e. The first-order valence-corrected chi connectivity index (χ1v) is 13.1. The van der Waals surface area contributed by atoms with Gasteiger partial charge in [-0.2, -0.15) is 0 Å². The van der Waals surface area contributed by atoms with Crippen LogP contribution in [0, 0.1) is 0 Å². The number of amides is 2. The minimum atomic E-state index is -0.447. The van der Waals surface area contributed by atoms with Crippen molar-refractivity contribution in [2.75, 3.05) is 23.1 Å². The van der Waals surface area contributed by atoms with E-state index in [0.717, 1.165) is 5.56 Å². The van der Waals surface area contributed by atoms with Gasteiger partial charge < -0.3 is 10.1 Å². The van der Waals surface area contributed by atoms with Crippen molar-refractivity contribution in [2.45, 2.75) is 26.2 Å². The third kappa shape index (κ3) is 6.39. The van der Waals surface area contributed by atoms with Gasteiger partial charge in [-0.25, -0.2) is 9.79 Å². The Hall–Kier alpha value is -4.17. The number of carbonyl (C=O) groups excluding carboxylic acids is 3. The number of aliphatic imine (C=N–C) groups is 1. The summed E-state index contributed by atoms with van der Waals surface area (Å²) in [5, 5.41) is 3.23. The van der Waals surface area contributed by atoms with Crippen molar-refractivity contribution in [1.29, 1.82) is 0 Å². The molecule has 3 aromatic rings. The average molecular weight is 528 g/mol. The molecule has 0 aliphatic carbocycles. The Morgan fingerprint density at radius 3 is 2.24 bits per heavy atom. The second-order valence-electron chi connectivity index (χ2n) is 9.68. The summed E-state index contributed by atoms with van der Waals surface area (Å²) >= 11 is 1.18. The van der Waals surface area contributed by atoms with Crippen LogP contribution in [0.2, 0.25) is 0 Å². The van der Waals surface area contributed by atoms with E-state index in [4.69, 9.17) is 4.74 Å². The van der Waals surface area contributed by atoms with E-state index in [9.17, 15) is 14.4 Å². The summed E-state index contributed by atoms with van der Waals surface area (Å²) in [6, 6.07) is 23.7. The lowest BCUT2D eigenvalue weighted by Crippen LogP contribution is -2.31. The number of hydrogen-bond acceptors (Lipinski definition) is 6. The topological polar surface area (TPSA) is 88.1 Å². The van der Waals surface area contributed by atoms with Crippen molar-refractivity contribution >= 4 is 52.2 Å². The van der Waals surface area contributed by atoms with E-state index in [1.54, 1.807) is 30.3 Å². The molecule has 1 aliphatic heterocycles. The molecule has 0 saturated carbocycles. The Kier molecular flexibility index (Phi) is 8.12. The molecule has 1 N–H and O–H groups in total. The quantitative estimate of drug-likeness (QED) is 0.319. The highest BCUT2D eigenvalue weighted by molar-refractivity contribution is 8.14. The van der Waals surface area contributed by atoms with Crippen LogP contribution in [0.1, 0.15) is 42.3 Å². The van der Waals surface area contributed by atoms with Crippen LogP contribution in [0.5, 0.6) is 0 Å². The number of rotatable bonds is 6. The Balaban J connectivity index is 1.51. The van der Waals surface area contributed by atoms with E-state index in [0.29, 0.717) is 27.8 Å². The molecule has 0 radical (unpaired) electrons. The normalized spacial score (nSPS) is 14.4. The van der Waals surface area contributed by atoms with E-state index >= 15 is 0 Å². The second-order valence-corrected chi connectivity index (χ2v) is 10.6. The first-order valence-electron chi connectivity index (χ1n) is 12.1. The number of para-hydroxylation sites is 1. The van der Waals surface area contributed by atoms with Gasteiger partial charge in [-0.15, -0.1) is 0 Å². The molecular formula is C30H29N3O4S. The average Bonchev–Trinajstić information content (AvgIpc) is 3.22. The Morgan fingerprint density at radius 1 is 0.974 bits per heavy atom. The molecule has 0 bridgehead atoms. The predicted octanol–water partition coefficient (Wildman–Crippen LogP) is 5.89. The molecule has 0 fully saturated rings. The fourth-order valence-electron chi connectivity index (χ4n) is 3.77. The van der Waals surface area contributed by atoms with Gasteiger partial charge in [0.25, 0.3) is 5.91 Å². The van der Waals surface area contributed by atoms with E-state index in [2.05, 4.69) is 43.2 Å². The van der Waals surface area contributed by atoms with Crippen LogP contribution in [0.3, 0.4) is 0 Å². The van der Waals surface area contributed by atoms with E-state index < -0.39 is 5.97 Å². The molecule has 0 atom stereocenters. The zero-order valence-corrected chi connectivity index (χ0v) is 22.5. The molecule has 0 aromatic heterocycles. The first kappa shape index (κ1) is 26.9. The van der Waals surface area contributed by atoms with Crippen LogP contribution in [-0.4, -0.2) is 35.8 Å². The number of carbonyl (C=O) groups is 3. The molecule has 8 heteroatoms. The maximum absolute atomic E-state index is 13.4. The first-order chi connectivity index (χ1) is 18.2. The van der Waals surface area contributed by atoms with Gasteiger partial charge in [-0.1, -0.05) is 75.0 Å². The standard InChI is InChI=1S/C30H29N3O4S/c1-30(2,3)22-14-10-20(11-15-22)18-25-27(35)33(24-8-6-5-7-9-24)29(32-25)38-19-26(34)31-23-16-12-21(13-17-23)28(36)37-4/h5-18H,19H2,1-4H3,(H,31,34)/b25-18+. The lowest BCUT2D eigenvalue weighted by Gasteiger charge is -2.18. The summed E-state index contributed by atoms with van der Waals surface area (Å²) in [6.07, 6.45) is 1.77. The predicted molar refractivity (Wildman–Crippen MR) is 153 cm³/mol. The maximum Gasteiger partial charge on any atom is 0.337 e. The number of nitrogens with one attached hydrogen (secondary N) is 1. The van der Waals surface area contributed by atoms with Gasteiger partial charge in [0.1, 0.15) is 5.70 Å². The molecule has 3 aromatic carbocycles. The SMILES string of the molecule is COC(=O)c1ccc(NC(=O)CSC2=N/C(=C/c3ccc(C(C)(C)C)cc3)C(=O)N2c2ccccc2)cc1. The molecule has 0 unspecified atom stereocenters. The third-order valence-corrected chi connectivity index (χ3v) is 6.78. The summed E-state index contributed by atoms with van der Waals surface area (Å²) in [7, 11) is 1.31. The van der Waals surface area contributed by atoms with Crippen molar-refractivity contribution < 1.29 is 19.1 Å². The smallest absolute Gasteiger partial charge is 0.337 e. The molecule has 38 heavy (non-hydrogen) atoms. The number of thioether (sulfide) groups is 1. The number of methoxy groups -OCH3 is 1. The number of nitrogens with zero attached hydrogens (tertiary/aromatic N) is 2. The summed E-state index contributed by atoms with van der Waals surface area (Å²) in [5.41, 5.74) is 4.03. The lowest BCUT2D eigenvalue weighted by atomic mass is 9.87. The summed E-state index contributed by atoms with van der Waals surface area (Å²) in [5.74, 6) is -0.921. The maximum atomic E-state index is 13.4. The number of anilines is 2. The van der Waals surface area contributed by atoms with E-state index in [-0.39, 0.29) is 23.0 Å². The van der Waals surface area contributed by atoms with Gasteiger partial charge >= 0.3 is 5.97 Å². The van der Waals surface area contributed by atoms with Crippen molar-refractivity contribution in [2.24, 2.45) is 4.99 Å². The van der Waals surface area contributed by atoms with Crippen molar-refractivity contribution in [3.8, 4) is 0 Å². The lowest BCUT2D eigenvalue weighted by molar-refractivity contribution is -0.114. The zero-order chi connectivity index (χ0) is 27.3. The van der Waals surface area contributed by atoms with Crippen LogP contribution < -0.4 is 10.2 Å². The number of ether oxygens (including phenoxy) is 1. The highest BCUT2D eigenvalue weighted by atomic mass is 32.2. The highest BCUT2D eigenvalue weighted by Crippen LogP contribution is 2.30. The van der Waals surface area contributed by atoms with Gasteiger partial charge in [0.15, 0.2) is 5.17 Å². The van der Waals surface area contributed by atoms with Crippen LogP contribution in [0.15, 0.2) is 89.6 Å². The second kappa shape index (κ2) is 11.5. The Bertz CT molecular complexity index is 1390. The molecule has 0 saturated heterocycles. The van der Waals surface area contributed by atoms with Crippen LogP contribution in [0.25, 0.3) is 6.08 Å². The molecule has 4 rings (SSSR count). The molecule has 0 spiro atoms. The molecular weight excluding hydrogens is 498 g/mol. The molecule has 194 valence electrons. The largest absolute Gasteiger partial charge is 0.465 e. The Morgan fingerprint density at radius 2 is 1.63 bits per heavy atom. The minimum absolute atomic E-state index is 0.0326. The van der Waals surface area contributed by atoms with E-state index in [1.807, 2.05) is 42.5 Å². The van der Waals surface area contributed by atoms with Crippen molar-refractivity contribution in [3.05, 3.63) is 101 Å². The van der Waals surface area contributed by atoms with Gasteiger partial charge in [0.2, 0.25) is 5.91 Å². The highest BCUT2D eigenvalue weighted by Gasteiger charge is 2.32. The monoisotopic (exact) mass is 527 g/mol. The molecule has 1 heterocycles. The van der Waals surface area contributed by atoms with Gasteiger partial charge in [0.05, 0.1) is 24.1 Å². The van der Waals surface area contributed by atoms with Crippen LogP contribution >= 0.6 is 11.8 Å². The molecule has 7 nitrogen and oxygen atoms in total. The van der Waals surface area contributed by atoms with Gasteiger partial charge in [-0.3, -0.25) is 14.5 Å². The summed E-state index contributed by atoms with van der Waals surface area (Å²) in [4.78, 5) is 43.8. The van der Waals surface area contributed by atoms with E-state index in [1.165, 1.54) is 29.3 Å². The number of esters is 1. The zero-order valence-electron chi connectivity index (χ0n) is 21.7. The van der Waals surface area contributed by atoms with Crippen LogP contribution in [0.4, 0.5) is 11.4 Å². The number of amidine groups is 1. The molecule has 1 aliphatic rings. The van der Waals surface area contributed by atoms with Gasteiger partial charge in [-0.05, 0) is 59.0 Å².